The molecule has 3 N–H and O–H groups in total. The minimum Gasteiger partial charge on any atom is -0.490 e. The molecule has 1 amide bonds. The van der Waals surface area contributed by atoms with Gasteiger partial charge in [0.1, 0.15) is 5.75 Å². The van der Waals surface area contributed by atoms with Crippen molar-refractivity contribution in [3.63, 3.8) is 0 Å². The molecule has 2 aromatic rings. The van der Waals surface area contributed by atoms with Gasteiger partial charge in [-0.15, -0.1) is 6.58 Å². The van der Waals surface area contributed by atoms with Gasteiger partial charge in [0.25, 0.3) is 5.91 Å². The van der Waals surface area contributed by atoms with E-state index >= 15 is 0 Å². The van der Waals surface area contributed by atoms with Gasteiger partial charge >= 0.3 is 5.97 Å². The molecule has 0 unspecified atom stereocenters. The van der Waals surface area contributed by atoms with Gasteiger partial charge in [-0.2, -0.15) is 5.10 Å². The summed E-state index contributed by atoms with van der Waals surface area (Å²) in [7, 11) is 0. The molecule has 218 valence electrons. The van der Waals surface area contributed by atoms with E-state index in [0.29, 0.717) is 58.8 Å². The van der Waals surface area contributed by atoms with E-state index in [-0.39, 0.29) is 13.2 Å². The predicted molar refractivity (Wildman–Crippen MR) is 161 cm³/mol. The standard InChI is InChI=1S/C30H36N4O6S/c1-6-12-21-15-20(16-24(37-7-2)28(21)38-8-3)17-31-34-25(35)18-40-23-14-11-10-13-22(23)27-26(29(36)39-9-4)19(5)32-30(41)33-27/h6,10-11,13-17,27H,1,7-9,12,18H2,2-5H3,(H,34,35)(H2,32,33,41)/t27-/m1/s1. The number of ether oxygens (including phenoxy) is 4. The van der Waals surface area contributed by atoms with Crippen molar-refractivity contribution in [2.24, 2.45) is 5.10 Å². The third-order valence-corrected chi connectivity index (χ3v) is 6.08. The molecule has 0 radical (unpaired) electrons. The number of carbonyl (C=O) groups excluding carboxylic acids is 2. The van der Waals surface area contributed by atoms with Crippen LogP contribution in [0.5, 0.6) is 17.2 Å². The lowest BCUT2D eigenvalue weighted by Gasteiger charge is -2.30. The number of nitrogens with one attached hydrogen (secondary N) is 3. The van der Waals surface area contributed by atoms with Crippen LogP contribution in [-0.2, 0) is 20.7 Å². The van der Waals surface area contributed by atoms with E-state index < -0.39 is 17.9 Å². The second-order valence-electron chi connectivity index (χ2n) is 8.78. The second-order valence-corrected chi connectivity index (χ2v) is 9.18. The van der Waals surface area contributed by atoms with Gasteiger partial charge in [0.2, 0.25) is 0 Å². The van der Waals surface area contributed by atoms with Gasteiger partial charge in [0, 0.05) is 16.8 Å². The molecule has 11 heteroatoms. The second kappa shape index (κ2) is 15.4. The molecule has 41 heavy (non-hydrogen) atoms. The third kappa shape index (κ3) is 8.31. The van der Waals surface area contributed by atoms with E-state index in [9.17, 15) is 9.59 Å². The molecule has 0 saturated heterocycles. The Morgan fingerprint density at radius 1 is 1.07 bits per heavy atom. The van der Waals surface area contributed by atoms with Gasteiger partial charge < -0.3 is 29.6 Å². The third-order valence-electron chi connectivity index (χ3n) is 5.86. The summed E-state index contributed by atoms with van der Waals surface area (Å²) >= 11 is 5.32. The minimum atomic E-state index is -0.621. The number of benzene rings is 2. The number of amides is 1. The van der Waals surface area contributed by atoms with Crippen LogP contribution >= 0.6 is 12.2 Å². The van der Waals surface area contributed by atoms with Crippen LogP contribution in [0.25, 0.3) is 0 Å². The normalized spacial score (nSPS) is 14.6. The van der Waals surface area contributed by atoms with E-state index in [1.807, 2.05) is 26.0 Å². The molecule has 3 rings (SSSR count). The van der Waals surface area contributed by atoms with Crippen molar-refractivity contribution in [1.82, 2.24) is 16.1 Å². The van der Waals surface area contributed by atoms with Crippen molar-refractivity contribution in [3.8, 4) is 17.2 Å². The van der Waals surface area contributed by atoms with Gasteiger partial charge in [-0.3, -0.25) is 4.79 Å². The smallest absolute Gasteiger partial charge is 0.338 e. The average Bonchev–Trinajstić information content (AvgIpc) is 2.94. The van der Waals surface area contributed by atoms with E-state index in [2.05, 4.69) is 27.7 Å². The molecule has 2 aromatic carbocycles. The zero-order valence-corrected chi connectivity index (χ0v) is 24.6. The number of rotatable bonds is 14. The molecule has 0 fully saturated rings. The fourth-order valence-corrected chi connectivity index (χ4v) is 4.52. The van der Waals surface area contributed by atoms with Gasteiger partial charge in [-0.05, 0) is 70.1 Å². The number of hydrogen-bond acceptors (Lipinski definition) is 8. The zero-order valence-electron chi connectivity index (χ0n) is 23.7. The largest absolute Gasteiger partial charge is 0.490 e. The SMILES string of the molecule is C=CCc1cc(C=NNC(=O)COc2ccccc2[C@H]2NC(=S)NC(C)=C2C(=O)OCC)cc(OCC)c1OCC. The van der Waals surface area contributed by atoms with Crippen LogP contribution in [0.4, 0.5) is 0 Å². The molecule has 10 nitrogen and oxygen atoms in total. The maximum atomic E-state index is 12.7. The monoisotopic (exact) mass is 580 g/mol. The van der Waals surface area contributed by atoms with Crippen LogP contribution < -0.4 is 30.3 Å². The van der Waals surface area contributed by atoms with Crippen LogP contribution in [0.15, 0.2) is 65.4 Å². The van der Waals surface area contributed by atoms with Gasteiger partial charge in [0.15, 0.2) is 23.2 Å². The molecular weight excluding hydrogens is 544 g/mol. The van der Waals surface area contributed by atoms with E-state index in [4.69, 9.17) is 31.2 Å². The number of allylic oxidation sites excluding steroid dienone is 2. The van der Waals surface area contributed by atoms with Crippen LogP contribution in [0.3, 0.4) is 0 Å². The predicted octanol–water partition coefficient (Wildman–Crippen LogP) is 4.10. The molecule has 0 bridgehead atoms. The summed E-state index contributed by atoms with van der Waals surface area (Å²) in [6.07, 6.45) is 3.89. The van der Waals surface area contributed by atoms with Crippen molar-refractivity contribution >= 4 is 35.4 Å². The minimum absolute atomic E-state index is 0.227. The van der Waals surface area contributed by atoms with Crippen molar-refractivity contribution in [3.05, 3.63) is 77.0 Å². The molecule has 0 aromatic heterocycles. The number of esters is 1. The summed E-state index contributed by atoms with van der Waals surface area (Å²) in [5.41, 5.74) is 5.70. The molecule has 1 aliphatic heterocycles. The Bertz CT molecular complexity index is 1340. The Balaban J connectivity index is 1.73. The lowest BCUT2D eigenvalue weighted by Crippen LogP contribution is -2.45. The van der Waals surface area contributed by atoms with Gasteiger partial charge in [0.05, 0.1) is 37.7 Å². The fraction of sp³-hybridized carbons (Fsp3) is 0.333. The number of hydrogen-bond donors (Lipinski definition) is 3. The fourth-order valence-electron chi connectivity index (χ4n) is 4.25. The lowest BCUT2D eigenvalue weighted by molar-refractivity contribution is -0.139. The van der Waals surface area contributed by atoms with Crippen LogP contribution in [0.2, 0.25) is 0 Å². The Hall–Kier alpha value is -4.38. The number of para-hydroxylation sites is 1. The number of carbonyl (C=O) groups is 2. The van der Waals surface area contributed by atoms with Crippen LogP contribution in [0.1, 0.15) is 50.4 Å². The Labute approximate surface area is 245 Å². The molecule has 0 aliphatic carbocycles. The average molecular weight is 581 g/mol. The zero-order chi connectivity index (χ0) is 29.8. The highest BCUT2D eigenvalue weighted by Crippen LogP contribution is 2.34. The summed E-state index contributed by atoms with van der Waals surface area (Å²) in [5, 5.41) is 10.5. The first-order valence-electron chi connectivity index (χ1n) is 13.3. The van der Waals surface area contributed by atoms with Gasteiger partial charge in [-0.25, -0.2) is 10.2 Å². The lowest BCUT2D eigenvalue weighted by atomic mass is 9.95. The molecular formula is C30H36N4O6S. The maximum absolute atomic E-state index is 12.7. The topological polar surface area (TPSA) is 120 Å². The summed E-state index contributed by atoms with van der Waals surface area (Å²) in [6, 6.07) is 10.2. The van der Waals surface area contributed by atoms with E-state index in [0.717, 1.165) is 11.1 Å². The summed E-state index contributed by atoms with van der Waals surface area (Å²) < 4.78 is 22.7. The van der Waals surface area contributed by atoms with Crippen LogP contribution in [0, 0.1) is 0 Å². The highest BCUT2D eigenvalue weighted by atomic mass is 32.1. The first kappa shape index (κ1) is 31.2. The molecule has 1 atom stereocenters. The summed E-state index contributed by atoms with van der Waals surface area (Å²) in [6.45, 7) is 12.0. The molecule has 1 aliphatic rings. The Kier molecular flexibility index (Phi) is 11.7. The first-order valence-corrected chi connectivity index (χ1v) is 13.8. The highest BCUT2D eigenvalue weighted by Gasteiger charge is 2.32. The Morgan fingerprint density at radius 2 is 1.83 bits per heavy atom. The van der Waals surface area contributed by atoms with E-state index in [1.165, 1.54) is 6.21 Å². The first-order chi connectivity index (χ1) is 19.8. The van der Waals surface area contributed by atoms with Crippen molar-refractivity contribution in [2.45, 2.75) is 40.2 Å². The molecule has 0 spiro atoms. The van der Waals surface area contributed by atoms with Crippen molar-refractivity contribution in [2.75, 3.05) is 26.4 Å². The summed E-state index contributed by atoms with van der Waals surface area (Å²) in [5.74, 6) is 0.730. The van der Waals surface area contributed by atoms with Crippen molar-refractivity contribution < 1.29 is 28.5 Å². The number of thiocarbonyl (C=S) groups is 1. The molecule has 1 heterocycles. The van der Waals surface area contributed by atoms with Crippen molar-refractivity contribution in [1.29, 1.82) is 0 Å². The maximum Gasteiger partial charge on any atom is 0.338 e. The number of nitrogens with zero attached hydrogens (tertiary/aromatic N) is 1. The molecule has 0 saturated carbocycles. The van der Waals surface area contributed by atoms with E-state index in [1.54, 1.807) is 44.2 Å². The quantitative estimate of drug-likeness (QED) is 0.0998. The van der Waals surface area contributed by atoms with Gasteiger partial charge in [-0.1, -0.05) is 24.3 Å². The number of hydrazone groups is 1. The Morgan fingerprint density at radius 3 is 2.54 bits per heavy atom. The summed E-state index contributed by atoms with van der Waals surface area (Å²) in [4.78, 5) is 25.3. The van der Waals surface area contributed by atoms with Crippen LogP contribution in [-0.4, -0.2) is 49.6 Å². The highest BCUT2D eigenvalue weighted by molar-refractivity contribution is 7.80.